The van der Waals surface area contributed by atoms with Crippen LogP contribution in [0.1, 0.15) is 22.3 Å². The van der Waals surface area contributed by atoms with Gasteiger partial charge in [-0.25, -0.2) is 14.5 Å². The van der Waals surface area contributed by atoms with Crippen LogP contribution in [0, 0.1) is 0 Å². The maximum atomic E-state index is 5.54. The number of pyridine rings is 1. The van der Waals surface area contributed by atoms with Crippen molar-refractivity contribution in [3.8, 4) is 89.8 Å². The number of fused-ring (bicyclic) bond motifs is 13. The Morgan fingerprint density at radius 3 is 1.51 bits per heavy atom. The molecule has 14 rings (SSSR count). The molecule has 2 aliphatic carbocycles. The minimum atomic E-state index is -0.460. The van der Waals surface area contributed by atoms with E-state index in [1.54, 1.807) is 0 Å². The van der Waals surface area contributed by atoms with Gasteiger partial charge in [0.05, 0.1) is 28.0 Å². The highest BCUT2D eigenvalue weighted by Gasteiger charge is 2.51. The van der Waals surface area contributed by atoms with E-state index in [-0.39, 0.29) is 0 Å². The standard InChI is InChI=1S/C64H40N4/c1-4-19-41(20-5-1)57-40-58(45-35-36-52-51-31-14-17-34-55(51)64(56(52)38-45)53-32-15-12-29-49(53)50-30-13-16-33-54(50)64)66-63(65-57)47-27-18-26-46(37-47)61-60(43-23-8-3-9-24-43)62-48-28-11-10-25-44(48)39-59(68(62)67-61)42-21-6-2-7-22-42/h1-40H. The summed E-state index contributed by atoms with van der Waals surface area (Å²) < 4.78 is 2.15. The predicted octanol–water partition coefficient (Wildman–Crippen LogP) is 15.6. The molecule has 0 amide bonds. The second kappa shape index (κ2) is 15.0. The van der Waals surface area contributed by atoms with Gasteiger partial charge in [0.2, 0.25) is 0 Å². The van der Waals surface area contributed by atoms with E-state index < -0.39 is 5.41 Å². The van der Waals surface area contributed by atoms with Crippen molar-refractivity contribution in [3.63, 3.8) is 0 Å². The summed E-state index contributed by atoms with van der Waals surface area (Å²) in [6.45, 7) is 0. The Kier molecular flexibility index (Phi) is 8.46. The highest BCUT2D eigenvalue weighted by molar-refractivity contribution is 6.08. The summed E-state index contributed by atoms with van der Waals surface area (Å²) in [5, 5.41) is 7.85. The number of nitrogens with zero attached hydrogens (tertiary/aromatic N) is 4. The molecule has 2 aliphatic rings. The quantitative estimate of drug-likeness (QED) is 0.167. The van der Waals surface area contributed by atoms with Crippen LogP contribution >= 0.6 is 0 Å². The molecular formula is C64H40N4. The van der Waals surface area contributed by atoms with E-state index in [0.717, 1.165) is 78.0 Å². The van der Waals surface area contributed by atoms with Crippen LogP contribution < -0.4 is 0 Å². The molecule has 0 N–H and O–H groups in total. The molecule has 316 valence electrons. The third-order valence-corrected chi connectivity index (χ3v) is 14.2. The van der Waals surface area contributed by atoms with E-state index >= 15 is 0 Å². The lowest BCUT2D eigenvalue weighted by molar-refractivity contribution is 0.794. The van der Waals surface area contributed by atoms with Crippen molar-refractivity contribution in [2.75, 3.05) is 0 Å². The Bertz CT molecular complexity index is 3900. The van der Waals surface area contributed by atoms with E-state index in [4.69, 9.17) is 15.1 Å². The Labute approximate surface area is 394 Å². The first-order chi connectivity index (χ1) is 33.7. The number of benzene rings is 9. The predicted molar refractivity (Wildman–Crippen MR) is 277 cm³/mol. The molecule has 4 nitrogen and oxygen atoms in total. The van der Waals surface area contributed by atoms with Gasteiger partial charge in [0, 0.05) is 38.8 Å². The fraction of sp³-hybridized carbons (Fsp3) is 0.0156. The van der Waals surface area contributed by atoms with Gasteiger partial charge in [0.25, 0.3) is 0 Å². The summed E-state index contributed by atoms with van der Waals surface area (Å²) >= 11 is 0. The summed E-state index contributed by atoms with van der Waals surface area (Å²) in [6.07, 6.45) is 0. The molecule has 0 saturated heterocycles. The fourth-order valence-corrected chi connectivity index (χ4v) is 11.3. The van der Waals surface area contributed by atoms with Gasteiger partial charge in [-0.2, -0.15) is 5.10 Å². The normalized spacial score (nSPS) is 12.8. The average Bonchev–Trinajstić information content (AvgIpc) is 4.07. The lowest BCUT2D eigenvalue weighted by atomic mass is 9.70. The number of hydrogen-bond acceptors (Lipinski definition) is 3. The van der Waals surface area contributed by atoms with Crippen molar-refractivity contribution in [2.45, 2.75) is 5.41 Å². The van der Waals surface area contributed by atoms with Gasteiger partial charge < -0.3 is 0 Å². The van der Waals surface area contributed by atoms with Crippen molar-refractivity contribution < 1.29 is 0 Å². The van der Waals surface area contributed by atoms with Crippen LogP contribution in [-0.2, 0) is 5.41 Å². The van der Waals surface area contributed by atoms with Crippen LogP contribution in [-0.4, -0.2) is 19.6 Å². The first-order valence-electron chi connectivity index (χ1n) is 23.3. The van der Waals surface area contributed by atoms with Gasteiger partial charge in [0.15, 0.2) is 5.82 Å². The molecule has 68 heavy (non-hydrogen) atoms. The largest absolute Gasteiger partial charge is 0.231 e. The van der Waals surface area contributed by atoms with E-state index in [1.807, 2.05) is 0 Å². The minimum absolute atomic E-state index is 0.460. The lowest BCUT2D eigenvalue weighted by Gasteiger charge is -2.30. The zero-order valence-corrected chi connectivity index (χ0v) is 36.9. The van der Waals surface area contributed by atoms with Gasteiger partial charge in [-0.05, 0) is 79.7 Å². The van der Waals surface area contributed by atoms with Crippen LogP contribution in [0.15, 0.2) is 243 Å². The summed E-state index contributed by atoms with van der Waals surface area (Å²) in [4.78, 5) is 10.8. The average molecular weight is 865 g/mol. The molecule has 0 aliphatic heterocycles. The highest BCUT2D eigenvalue weighted by Crippen LogP contribution is 2.63. The number of rotatable bonds is 6. The van der Waals surface area contributed by atoms with Crippen LogP contribution in [0.5, 0.6) is 0 Å². The lowest BCUT2D eigenvalue weighted by Crippen LogP contribution is -2.25. The Morgan fingerprint density at radius 1 is 0.338 bits per heavy atom. The van der Waals surface area contributed by atoms with Gasteiger partial charge in [-0.15, -0.1) is 0 Å². The summed E-state index contributed by atoms with van der Waals surface area (Å²) in [7, 11) is 0. The van der Waals surface area contributed by atoms with Gasteiger partial charge in [-0.3, -0.25) is 0 Å². The minimum Gasteiger partial charge on any atom is -0.231 e. The third kappa shape index (κ3) is 5.64. The van der Waals surface area contributed by atoms with Crippen molar-refractivity contribution in [1.82, 2.24) is 19.6 Å². The molecule has 3 heterocycles. The molecule has 0 fully saturated rings. The Balaban J connectivity index is 0.978. The van der Waals surface area contributed by atoms with Crippen LogP contribution in [0.4, 0.5) is 0 Å². The maximum absolute atomic E-state index is 5.54. The highest BCUT2D eigenvalue weighted by atomic mass is 15.2. The molecule has 0 radical (unpaired) electrons. The summed E-state index contributed by atoms with van der Waals surface area (Å²) in [5.41, 5.74) is 21.9. The first kappa shape index (κ1) is 38.3. The zero-order chi connectivity index (χ0) is 44.8. The zero-order valence-electron chi connectivity index (χ0n) is 36.9. The Hall–Kier alpha value is -8.99. The van der Waals surface area contributed by atoms with Crippen LogP contribution in [0.2, 0.25) is 0 Å². The van der Waals surface area contributed by atoms with Crippen molar-refractivity contribution in [1.29, 1.82) is 0 Å². The van der Waals surface area contributed by atoms with Gasteiger partial charge in [0.1, 0.15) is 5.69 Å². The molecule has 4 heteroatoms. The number of aromatic nitrogens is 4. The maximum Gasteiger partial charge on any atom is 0.160 e. The molecule has 9 aromatic carbocycles. The van der Waals surface area contributed by atoms with Gasteiger partial charge >= 0.3 is 0 Å². The Morgan fingerprint density at radius 2 is 0.853 bits per heavy atom. The second-order valence-electron chi connectivity index (χ2n) is 17.9. The molecule has 0 atom stereocenters. The second-order valence-corrected chi connectivity index (χ2v) is 17.9. The molecule has 3 aromatic heterocycles. The van der Waals surface area contributed by atoms with Crippen molar-refractivity contribution >= 4 is 16.3 Å². The molecule has 12 aromatic rings. The molecule has 0 saturated carbocycles. The fourth-order valence-electron chi connectivity index (χ4n) is 11.3. The van der Waals surface area contributed by atoms with Crippen LogP contribution in [0.25, 0.3) is 106 Å². The number of hydrogen-bond donors (Lipinski definition) is 0. The SMILES string of the molecule is c1ccc(-c2cc(-c3ccc4c(c3)C3(c5ccccc5-c5ccccc53)c3ccccc3-4)nc(-c3cccc(-c4nn5c(-c6ccccc6)cc6ccccc6c5c4-c4ccccc4)c3)n2)cc1. The van der Waals surface area contributed by atoms with Crippen molar-refractivity contribution in [2.24, 2.45) is 0 Å². The monoisotopic (exact) mass is 864 g/mol. The van der Waals surface area contributed by atoms with E-state index in [2.05, 4.69) is 247 Å². The van der Waals surface area contributed by atoms with Crippen molar-refractivity contribution in [3.05, 3.63) is 265 Å². The van der Waals surface area contributed by atoms with E-state index in [1.165, 1.54) is 44.5 Å². The summed E-state index contributed by atoms with van der Waals surface area (Å²) in [6, 6.07) is 87.2. The smallest absolute Gasteiger partial charge is 0.160 e. The molecule has 0 bridgehead atoms. The van der Waals surface area contributed by atoms with Crippen LogP contribution in [0.3, 0.4) is 0 Å². The van der Waals surface area contributed by atoms with E-state index in [0.29, 0.717) is 5.82 Å². The molecule has 0 unspecified atom stereocenters. The third-order valence-electron chi connectivity index (χ3n) is 14.2. The molecule has 1 spiro atoms. The topological polar surface area (TPSA) is 43.1 Å². The summed E-state index contributed by atoms with van der Waals surface area (Å²) in [5.74, 6) is 0.652. The van der Waals surface area contributed by atoms with E-state index in [9.17, 15) is 0 Å². The molecular weight excluding hydrogens is 825 g/mol. The van der Waals surface area contributed by atoms with Gasteiger partial charge in [-0.1, -0.05) is 218 Å². The first-order valence-corrected chi connectivity index (χ1v) is 23.3.